The van der Waals surface area contributed by atoms with E-state index >= 15 is 0 Å². The van der Waals surface area contributed by atoms with Crippen LogP contribution in [0.4, 0.5) is 4.79 Å². The standard InChI is InChI=1S/C13H15N3O3/c1-19-13(7-4-8-16(13)12(17)18)11-14-9-5-2-3-6-10(9)15-11/h2-3,5-6H,4,7-8H2,1H3,(H,14,15)(H,17,18). The summed E-state index contributed by atoms with van der Waals surface area (Å²) < 4.78 is 5.54. The Bertz CT molecular complexity index is 591. The number of rotatable bonds is 2. The summed E-state index contributed by atoms with van der Waals surface area (Å²) in [4.78, 5) is 20.3. The van der Waals surface area contributed by atoms with Crippen LogP contribution < -0.4 is 0 Å². The van der Waals surface area contributed by atoms with Crippen LogP contribution >= 0.6 is 0 Å². The van der Waals surface area contributed by atoms with Gasteiger partial charge in [0, 0.05) is 20.1 Å². The fourth-order valence-electron chi connectivity index (χ4n) is 2.74. The lowest BCUT2D eigenvalue weighted by Gasteiger charge is -2.33. The van der Waals surface area contributed by atoms with E-state index in [1.165, 1.54) is 12.0 Å². The van der Waals surface area contributed by atoms with Gasteiger partial charge < -0.3 is 14.8 Å². The van der Waals surface area contributed by atoms with Crippen molar-refractivity contribution in [2.45, 2.75) is 18.6 Å². The fourth-order valence-corrected chi connectivity index (χ4v) is 2.74. The van der Waals surface area contributed by atoms with Crippen molar-refractivity contribution in [1.82, 2.24) is 14.9 Å². The maximum atomic E-state index is 11.4. The first-order valence-electron chi connectivity index (χ1n) is 6.18. The number of nitrogens with one attached hydrogen (secondary N) is 1. The number of H-pyrrole nitrogens is 1. The number of methoxy groups -OCH3 is 1. The summed E-state index contributed by atoms with van der Waals surface area (Å²) in [5, 5.41) is 9.32. The Morgan fingerprint density at radius 2 is 2.32 bits per heavy atom. The number of para-hydroxylation sites is 2. The molecule has 0 radical (unpaired) electrons. The predicted octanol–water partition coefficient (Wildman–Crippen LogP) is 2.14. The number of aromatic nitrogens is 2. The molecule has 1 atom stereocenters. The molecule has 1 fully saturated rings. The topological polar surface area (TPSA) is 78.5 Å². The van der Waals surface area contributed by atoms with Gasteiger partial charge in [0.15, 0.2) is 5.82 Å². The van der Waals surface area contributed by atoms with Crippen LogP contribution in [-0.2, 0) is 10.5 Å². The smallest absolute Gasteiger partial charge is 0.409 e. The van der Waals surface area contributed by atoms with Crippen LogP contribution in [0.3, 0.4) is 0 Å². The molecule has 6 nitrogen and oxygen atoms in total. The largest absolute Gasteiger partial charge is 0.465 e. The first-order chi connectivity index (χ1) is 9.17. The number of aromatic amines is 1. The highest BCUT2D eigenvalue weighted by Gasteiger charge is 2.48. The Kier molecular flexibility index (Phi) is 2.67. The second-order valence-electron chi connectivity index (χ2n) is 4.63. The van der Waals surface area contributed by atoms with Crippen LogP contribution in [0.5, 0.6) is 0 Å². The molecule has 1 amide bonds. The number of benzene rings is 1. The van der Waals surface area contributed by atoms with E-state index in [9.17, 15) is 9.90 Å². The first kappa shape index (κ1) is 12.0. The molecule has 1 aromatic carbocycles. The molecule has 6 heteroatoms. The molecule has 0 spiro atoms. The summed E-state index contributed by atoms with van der Waals surface area (Å²) in [5.41, 5.74) is 0.697. The lowest BCUT2D eigenvalue weighted by Crippen LogP contribution is -2.46. The van der Waals surface area contributed by atoms with Crippen LogP contribution in [0.25, 0.3) is 11.0 Å². The van der Waals surface area contributed by atoms with Gasteiger partial charge in [0.25, 0.3) is 0 Å². The summed E-state index contributed by atoms with van der Waals surface area (Å²) in [6.45, 7) is 0.459. The van der Waals surface area contributed by atoms with Crippen molar-refractivity contribution in [1.29, 1.82) is 0 Å². The number of fused-ring (bicyclic) bond motifs is 1. The van der Waals surface area contributed by atoms with E-state index in [4.69, 9.17) is 4.74 Å². The number of nitrogens with zero attached hydrogens (tertiary/aromatic N) is 2. The van der Waals surface area contributed by atoms with Gasteiger partial charge in [-0.2, -0.15) is 0 Å². The normalized spacial score (nSPS) is 23.1. The van der Waals surface area contributed by atoms with Gasteiger partial charge in [-0.3, -0.25) is 4.90 Å². The fraction of sp³-hybridized carbons (Fsp3) is 0.385. The van der Waals surface area contributed by atoms with Gasteiger partial charge in [-0.05, 0) is 18.6 Å². The third-order valence-electron chi connectivity index (χ3n) is 3.66. The third kappa shape index (κ3) is 1.67. The zero-order chi connectivity index (χ0) is 13.5. The van der Waals surface area contributed by atoms with E-state index in [2.05, 4.69) is 9.97 Å². The lowest BCUT2D eigenvalue weighted by molar-refractivity contribution is -0.110. The maximum absolute atomic E-state index is 11.4. The summed E-state index contributed by atoms with van der Waals surface area (Å²) >= 11 is 0. The predicted molar refractivity (Wildman–Crippen MR) is 68.7 cm³/mol. The Balaban J connectivity index is 2.13. The van der Waals surface area contributed by atoms with Crippen molar-refractivity contribution in [3.8, 4) is 0 Å². The summed E-state index contributed by atoms with van der Waals surface area (Å²) in [5.74, 6) is 0.552. The number of carbonyl (C=O) groups is 1. The Morgan fingerprint density at radius 3 is 3.00 bits per heavy atom. The SMILES string of the molecule is COC1(c2nc3ccccc3[nH]2)CCCN1C(=O)O. The van der Waals surface area contributed by atoms with E-state index in [0.29, 0.717) is 18.8 Å². The van der Waals surface area contributed by atoms with Crippen molar-refractivity contribution in [3.05, 3.63) is 30.1 Å². The average Bonchev–Trinajstić information content (AvgIpc) is 3.02. The van der Waals surface area contributed by atoms with Gasteiger partial charge in [-0.25, -0.2) is 9.78 Å². The molecule has 0 aliphatic carbocycles. The zero-order valence-corrected chi connectivity index (χ0v) is 10.6. The number of hydrogen-bond donors (Lipinski definition) is 2. The first-order valence-corrected chi connectivity index (χ1v) is 6.18. The van der Waals surface area contributed by atoms with Crippen LogP contribution in [0, 0.1) is 0 Å². The molecule has 1 aromatic heterocycles. The molecule has 0 bridgehead atoms. The molecule has 1 saturated heterocycles. The maximum Gasteiger partial charge on any atom is 0.409 e. The van der Waals surface area contributed by atoms with Crippen molar-refractivity contribution >= 4 is 17.1 Å². The van der Waals surface area contributed by atoms with Gasteiger partial charge in [0.05, 0.1) is 11.0 Å². The molecule has 1 unspecified atom stereocenters. The minimum Gasteiger partial charge on any atom is -0.465 e. The molecule has 1 aliphatic heterocycles. The molecule has 2 aromatic rings. The number of hydrogen-bond acceptors (Lipinski definition) is 3. The van der Waals surface area contributed by atoms with Crippen molar-refractivity contribution in [2.75, 3.05) is 13.7 Å². The molecular weight excluding hydrogens is 246 g/mol. The number of ether oxygens (including phenoxy) is 1. The molecule has 2 N–H and O–H groups in total. The van der Waals surface area contributed by atoms with E-state index in [-0.39, 0.29) is 0 Å². The molecular formula is C13H15N3O3. The number of amides is 1. The summed E-state index contributed by atoms with van der Waals surface area (Å²) in [6, 6.07) is 7.61. The quantitative estimate of drug-likeness (QED) is 0.868. The number of carboxylic acid groups (broad SMARTS) is 1. The molecule has 3 rings (SSSR count). The number of imidazole rings is 1. The van der Waals surface area contributed by atoms with Gasteiger partial charge in [-0.1, -0.05) is 12.1 Å². The second-order valence-corrected chi connectivity index (χ2v) is 4.63. The van der Waals surface area contributed by atoms with Gasteiger partial charge in [0.2, 0.25) is 5.72 Å². The highest BCUT2D eigenvalue weighted by Crippen LogP contribution is 2.38. The highest BCUT2D eigenvalue weighted by atomic mass is 16.5. The summed E-state index contributed by atoms with van der Waals surface area (Å²) in [7, 11) is 1.52. The lowest BCUT2D eigenvalue weighted by atomic mass is 10.1. The van der Waals surface area contributed by atoms with Gasteiger partial charge in [-0.15, -0.1) is 0 Å². The van der Waals surface area contributed by atoms with Crippen molar-refractivity contribution in [2.24, 2.45) is 0 Å². The molecule has 1 aliphatic rings. The minimum atomic E-state index is -0.995. The Hall–Kier alpha value is -2.08. The van der Waals surface area contributed by atoms with E-state index in [1.54, 1.807) is 0 Å². The van der Waals surface area contributed by atoms with Crippen LogP contribution in [0.15, 0.2) is 24.3 Å². The molecule has 19 heavy (non-hydrogen) atoms. The highest BCUT2D eigenvalue weighted by molar-refractivity contribution is 5.75. The van der Waals surface area contributed by atoms with Crippen LogP contribution in [0.1, 0.15) is 18.7 Å². The second kappa shape index (κ2) is 4.24. The van der Waals surface area contributed by atoms with Crippen LogP contribution in [0.2, 0.25) is 0 Å². The van der Waals surface area contributed by atoms with Crippen LogP contribution in [-0.4, -0.2) is 39.7 Å². The average molecular weight is 261 g/mol. The van der Waals surface area contributed by atoms with E-state index in [0.717, 1.165) is 17.5 Å². The Labute approximate surface area is 110 Å². The Morgan fingerprint density at radius 1 is 1.53 bits per heavy atom. The zero-order valence-electron chi connectivity index (χ0n) is 10.6. The molecule has 2 heterocycles. The minimum absolute atomic E-state index is 0.459. The van der Waals surface area contributed by atoms with E-state index in [1.807, 2.05) is 24.3 Å². The van der Waals surface area contributed by atoms with Crippen molar-refractivity contribution < 1.29 is 14.6 Å². The van der Waals surface area contributed by atoms with Crippen molar-refractivity contribution in [3.63, 3.8) is 0 Å². The molecule has 0 saturated carbocycles. The molecule has 100 valence electrons. The third-order valence-corrected chi connectivity index (χ3v) is 3.66. The number of likely N-dealkylation sites (tertiary alicyclic amines) is 1. The monoisotopic (exact) mass is 261 g/mol. The summed E-state index contributed by atoms with van der Waals surface area (Å²) in [6.07, 6.45) is 0.382. The van der Waals surface area contributed by atoms with Gasteiger partial charge >= 0.3 is 6.09 Å². The van der Waals surface area contributed by atoms with E-state index < -0.39 is 11.8 Å². The van der Waals surface area contributed by atoms with Gasteiger partial charge in [0.1, 0.15) is 0 Å².